The van der Waals surface area contributed by atoms with Crippen LogP contribution in [0.4, 0.5) is 0 Å². The predicted molar refractivity (Wildman–Crippen MR) is 62.8 cm³/mol. The molecule has 2 rings (SSSR count). The van der Waals surface area contributed by atoms with E-state index < -0.39 is 0 Å². The number of pyridine rings is 1. The average molecular weight is 219 g/mol. The first kappa shape index (κ1) is 10.3. The minimum Gasteiger partial charge on any atom is -0.330 e. The van der Waals surface area contributed by atoms with E-state index in [2.05, 4.69) is 9.97 Å². The molecule has 2 heterocycles. The fraction of sp³-hybridized carbons (Fsp3) is 0.273. The lowest BCUT2D eigenvalue weighted by atomic mass is 10.1. The zero-order valence-corrected chi connectivity index (χ0v) is 9.42. The van der Waals surface area contributed by atoms with Gasteiger partial charge in [0.2, 0.25) is 0 Å². The van der Waals surface area contributed by atoms with E-state index >= 15 is 0 Å². The van der Waals surface area contributed by atoms with Crippen LogP contribution >= 0.6 is 11.3 Å². The van der Waals surface area contributed by atoms with E-state index in [0.29, 0.717) is 6.54 Å². The molecule has 15 heavy (non-hydrogen) atoms. The Kier molecular flexibility index (Phi) is 3.08. The fourth-order valence-electron chi connectivity index (χ4n) is 1.51. The van der Waals surface area contributed by atoms with E-state index in [9.17, 15) is 0 Å². The maximum atomic E-state index is 5.57. The number of thiazole rings is 1. The third-order valence-corrected chi connectivity index (χ3v) is 3.19. The Morgan fingerprint density at radius 1 is 1.33 bits per heavy atom. The van der Waals surface area contributed by atoms with Crippen molar-refractivity contribution < 1.29 is 0 Å². The molecule has 2 N–H and O–H groups in total. The standard InChI is InChI=1S/C11H13N3S/c1-8-14-10(2-5-12)11(15-8)9-3-6-13-7-4-9/h3-4,6-7H,2,5,12H2,1H3. The predicted octanol–water partition coefficient (Wildman–Crippen LogP) is 2.01. The SMILES string of the molecule is Cc1nc(CCN)c(-c2ccncc2)s1. The van der Waals surface area contributed by atoms with Gasteiger partial charge in [-0.2, -0.15) is 0 Å². The van der Waals surface area contributed by atoms with Gasteiger partial charge in [0.15, 0.2) is 0 Å². The van der Waals surface area contributed by atoms with Gasteiger partial charge in [0.1, 0.15) is 0 Å². The summed E-state index contributed by atoms with van der Waals surface area (Å²) in [5.41, 5.74) is 7.85. The first-order chi connectivity index (χ1) is 7.31. The van der Waals surface area contributed by atoms with Crippen molar-refractivity contribution in [2.24, 2.45) is 5.73 Å². The van der Waals surface area contributed by atoms with Crippen LogP contribution in [0.1, 0.15) is 10.7 Å². The van der Waals surface area contributed by atoms with Crippen molar-refractivity contribution in [2.75, 3.05) is 6.54 Å². The van der Waals surface area contributed by atoms with Gasteiger partial charge >= 0.3 is 0 Å². The lowest BCUT2D eigenvalue weighted by molar-refractivity contribution is 0.931. The van der Waals surface area contributed by atoms with E-state index in [0.717, 1.165) is 17.1 Å². The van der Waals surface area contributed by atoms with Crippen LogP contribution in [0.15, 0.2) is 24.5 Å². The van der Waals surface area contributed by atoms with Crippen LogP contribution < -0.4 is 5.73 Å². The lowest BCUT2D eigenvalue weighted by Crippen LogP contribution is -2.03. The van der Waals surface area contributed by atoms with E-state index in [1.165, 1.54) is 10.4 Å². The van der Waals surface area contributed by atoms with E-state index in [1.807, 2.05) is 19.1 Å². The van der Waals surface area contributed by atoms with Crippen molar-refractivity contribution in [2.45, 2.75) is 13.3 Å². The summed E-state index contributed by atoms with van der Waals surface area (Å²) in [4.78, 5) is 9.73. The molecule has 0 saturated heterocycles. The van der Waals surface area contributed by atoms with Gasteiger partial charge in [-0.1, -0.05) is 0 Å². The summed E-state index contributed by atoms with van der Waals surface area (Å²) in [6.07, 6.45) is 4.44. The molecule has 2 aromatic rings. The largest absolute Gasteiger partial charge is 0.330 e. The molecule has 0 aromatic carbocycles. The van der Waals surface area contributed by atoms with E-state index in [1.54, 1.807) is 23.7 Å². The molecule has 0 spiro atoms. The Morgan fingerprint density at radius 3 is 2.73 bits per heavy atom. The number of aryl methyl sites for hydroxylation is 1. The molecule has 0 aliphatic rings. The van der Waals surface area contributed by atoms with Gasteiger partial charge in [-0.25, -0.2) is 4.98 Å². The number of nitrogens with two attached hydrogens (primary N) is 1. The molecule has 0 bridgehead atoms. The van der Waals surface area contributed by atoms with Gasteiger partial charge in [0, 0.05) is 18.8 Å². The summed E-state index contributed by atoms with van der Waals surface area (Å²) in [7, 11) is 0. The normalized spacial score (nSPS) is 10.5. The van der Waals surface area contributed by atoms with Gasteiger partial charge < -0.3 is 5.73 Å². The third kappa shape index (κ3) is 2.22. The van der Waals surface area contributed by atoms with Crippen LogP contribution in [0.3, 0.4) is 0 Å². The van der Waals surface area contributed by atoms with Crippen LogP contribution in [-0.2, 0) is 6.42 Å². The summed E-state index contributed by atoms with van der Waals surface area (Å²) in [6, 6.07) is 4.01. The molecular weight excluding hydrogens is 206 g/mol. The highest BCUT2D eigenvalue weighted by Crippen LogP contribution is 2.29. The highest BCUT2D eigenvalue weighted by molar-refractivity contribution is 7.15. The zero-order chi connectivity index (χ0) is 10.7. The molecule has 0 aliphatic carbocycles. The van der Waals surface area contributed by atoms with Crippen molar-refractivity contribution >= 4 is 11.3 Å². The average Bonchev–Trinajstić information content (AvgIpc) is 2.62. The van der Waals surface area contributed by atoms with Crippen LogP contribution in [-0.4, -0.2) is 16.5 Å². The van der Waals surface area contributed by atoms with Crippen LogP contribution in [0.2, 0.25) is 0 Å². The molecule has 0 radical (unpaired) electrons. The quantitative estimate of drug-likeness (QED) is 0.859. The molecule has 0 atom stereocenters. The van der Waals surface area contributed by atoms with E-state index in [-0.39, 0.29) is 0 Å². The molecule has 0 amide bonds. The van der Waals surface area contributed by atoms with Crippen molar-refractivity contribution in [1.29, 1.82) is 0 Å². The first-order valence-corrected chi connectivity index (χ1v) is 5.69. The number of aromatic nitrogens is 2. The Balaban J connectivity index is 2.43. The molecule has 0 saturated carbocycles. The molecule has 2 aromatic heterocycles. The molecular formula is C11H13N3S. The highest BCUT2D eigenvalue weighted by Gasteiger charge is 2.09. The maximum absolute atomic E-state index is 5.57. The number of rotatable bonds is 3. The highest BCUT2D eigenvalue weighted by atomic mass is 32.1. The molecule has 0 unspecified atom stereocenters. The fourth-order valence-corrected chi connectivity index (χ4v) is 2.48. The smallest absolute Gasteiger partial charge is 0.0903 e. The zero-order valence-electron chi connectivity index (χ0n) is 8.60. The maximum Gasteiger partial charge on any atom is 0.0903 e. The van der Waals surface area contributed by atoms with Crippen LogP contribution in [0.5, 0.6) is 0 Å². The van der Waals surface area contributed by atoms with Gasteiger partial charge in [-0.3, -0.25) is 4.98 Å². The summed E-state index contributed by atoms with van der Waals surface area (Å²) < 4.78 is 0. The molecule has 3 nitrogen and oxygen atoms in total. The summed E-state index contributed by atoms with van der Waals surface area (Å²) in [6.45, 7) is 2.66. The Bertz CT molecular complexity index is 436. The minimum atomic E-state index is 0.640. The minimum absolute atomic E-state index is 0.640. The molecule has 4 heteroatoms. The van der Waals surface area contributed by atoms with Gasteiger partial charge in [-0.05, 0) is 31.2 Å². The molecule has 0 fully saturated rings. The Labute approximate surface area is 93.0 Å². The Hall–Kier alpha value is -1.26. The van der Waals surface area contributed by atoms with Gasteiger partial charge in [0.05, 0.1) is 15.6 Å². The first-order valence-electron chi connectivity index (χ1n) is 4.88. The summed E-state index contributed by atoms with van der Waals surface area (Å²) in [5, 5.41) is 1.09. The summed E-state index contributed by atoms with van der Waals surface area (Å²) >= 11 is 1.71. The van der Waals surface area contributed by atoms with Gasteiger partial charge in [0.25, 0.3) is 0 Å². The van der Waals surface area contributed by atoms with Gasteiger partial charge in [-0.15, -0.1) is 11.3 Å². The van der Waals surface area contributed by atoms with Crippen LogP contribution in [0, 0.1) is 6.92 Å². The van der Waals surface area contributed by atoms with Crippen molar-refractivity contribution in [1.82, 2.24) is 9.97 Å². The third-order valence-electron chi connectivity index (χ3n) is 2.13. The topological polar surface area (TPSA) is 51.8 Å². The number of hydrogen-bond donors (Lipinski definition) is 1. The van der Waals surface area contributed by atoms with Crippen LogP contribution in [0.25, 0.3) is 10.4 Å². The lowest BCUT2D eigenvalue weighted by Gasteiger charge is -1.99. The van der Waals surface area contributed by atoms with Crippen molar-refractivity contribution in [3.05, 3.63) is 35.2 Å². The second-order valence-corrected chi connectivity index (χ2v) is 4.49. The Morgan fingerprint density at radius 2 is 2.07 bits per heavy atom. The monoisotopic (exact) mass is 219 g/mol. The molecule has 78 valence electrons. The number of hydrogen-bond acceptors (Lipinski definition) is 4. The summed E-state index contributed by atoms with van der Waals surface area (Å²) in [5.74, 6) is 0. The van der Waals surface area contributed by atoms with Crippen molar-refractivity contribution in [3.8, 4) is 10.4 Å². The second kappa shape index (κ2) is 4.51. The number of nitrogens with zero attached hydrogens (tertiary/aromatic N) is 2. The van der Waals surface area contributed by atoms with Crippen molar-refractivity contribution in [3.63, 3.8) is 0 Å². The second-order valence-electron chi connectivity index (χ2n) is 3.28. The molecule has 0 aliphatic heterocycles. The van der Waals surface area contributed by atoms with E-state index in [4.69, 9.17) is 5.73 Å².